The van der Waals surface area contributed by atoms with Crippen molar-refractivity contribution in [2.45, 2.75) is 25.4 Å². The second-order valence-corrected chi connectivity index (χ2v) is 4.12. The van der Waals surface area contributed by atoms with Crippen molar-refractivity contribution in [1.29, 1.82) is 0 Å². The largest absolute Gasteiger partial charge is 0.383 e. The SMILES string of the molecule is COCCn1cc(NC(=O)C2CCCN2)cn1. The summed E-state index contributed by atoms with van der Waals surface area (Å²) in [6.45, 7) is 2.22. The molecule has 6 nitrogen and oxygen atoms in total. The third-order valence-electron chi connectivity index (χ3n) is 2.80. The average molecular weight is 238 g/mol. The second kappa shape index (κ2) is 5.79. The van der Waals surface area contributed by atoms with Gasteiger partial charge in [-0.05, 0) is 19.4 Å². The normalized spacial score (nSPS) is 19.5. The van der Waals surface area contributed by atoms with E-state index in [4.69, 9.17) is 4.74 Å². The molecule has 0 aliphatic carbocycles. The Kier molecular flexibility index (Phi) is 4.11. The van der Waals surface area contributed by atoms with Crippen LogP contribution >= 0.6 is 0 Å². The molecule has 1 aliphatic heterocycles. The summed E-state index contributed by atoms with van der Waals surface area (Å²) in [5, 5.41) is 10.1. The lowest BCUT2D eigenvalue weighted by atomic mass is 10.2. The van der Waals surface area contributed by atoms with Crippen LogP contribution in [0.1, 0.15) is 12.8 Å². The van der Waals surface area contributed by atoms with Gasteiger partial charge in [-0.2, -0.15) is 5.10 Å². The van der Waals surface area contributed by atoms with Crippen molar-refractivity contribution < 1.29 is 9.53 Å². The number of rotatable bonds is 5. The first-order chi connectivity index (χ1) is 8.29. The van der Waals surface area contributed by atoms with Crippen molar-refractivity contribution >= 4 is 11.6 Å². The summed E-state index contributed by atoms with van der Waals surface area (Å²) in [5.41, 5.74) is 0.736. The molecule has 1 aromatic heterocycles. The van der Waals surface area contributed by atoms with Gasteiger partial charge in [-0.15, -0.1) is 0 Å². The molecule has 1 aliphatic rings. The average Bonchev–Trinajstić information content (AvgIpc) is 2.97. The molecule has 0 bridgehead atoms. The van der Waals surface area contributed by atoms with Crippen LogP contribution < -0.4 is 10.6 Å². The lowest BCUT2D eigenvalue weighted by molar-refractivity contribution is -0.117. The summed E-state index contributed by atoms with van der Waals surface area (Å²) in [6.07, 6.45) is 5.43. The quantitative estimate of drug-likeness (QED) is 0.770. The fraction of sp³-hybridized carbons (Fsp3) is 0.636. The maximum absolute atomic E-state index is 11.8. The molecule has 1 fully saturated rings. The summed E-state index contributed by atoms with van der Waals surface area (Å²) in [7, 11) is 1.65. The molecule has 0 aromatic carbocycles. The van der Waals surface area contributed by atoms with Crippen LogP contribution in [0.15, 0.2) is 12.4 Å². The van der Waals surface area contributed by atoms with Crippen molar-refractivity contribution in [3.05, 3.63) is 12.4 Å². The predicted molar refractivity (Wildman–Crippen MR) is 63.8 cm³/mol. The molecule has 2 heterocycles. The van der Waals surface area contributed by atoms with E-state index in [1.165, 1.54) is 0 Å². The van der Waals surface area contributed by atoms with E-state index >= 15 is 0 Å². The van der Waals surface area contributed by atoms with Gasteiger partial charge in [0.1, 0.15) is 0 Å². The second-order valence-electron chi connectivity index (χ2n) is 4.12. The Hall–Kier alpha value is -1.40. The zero-order valence-corrected chi connectivity index (χ0v) is 9.98. The number of nitrogens with one attached hydrogen (secondary N) is 2. The topological polar surface area (TPSA) is 68.2 Å². The van der Waals surface area contributed by atoms with Crippen LogP contribution in [0, 0.1) is 0 Å². The Labute approximate surface area is 100 Å². The highest BCUT2D eigenvalue weighted by molar-refractivity contribution is 5.94. The van der Waals surface area contributed by atoms with Crippen LogP contribution in [0.3, 0.4) is 0 Å². The maximum Gasteiger partial charge on any atom is 0.241 e. The van der Waals surface area contributed by atoms with Crippen LogP contribution in [-0.4, -0.2) is 42.0 Å². The Balaban J connectivity index is 1.85. The van der Waals surface area contributed by atoms with E-state index in [9.17, 15) is 4.79 Å². The fourth-order valence-corrected chi connectivity index (χ4v) is 1.87. The summed E-state index contributed by atoms with van der Waals surface area (Å²) < 4.78 is 6.71. The minimum atomic E-state index is -0.0580. The fourth-order valence-electron chi connectivity index (χ4n) is 1.87. The Morgan fingerprint density at radius 1 is 1.76 bits per heavy atom. The summed E-state index contributed by atoms with van der Waals surface area (Å²) >= 11 is 0. The van der Waals surface area contributed by atoms with Crippen molar-refractivity contribution in [2.75, 3.05) is 25.6 Å². The molecule has 0 saturated carbocycles. The molecular weight excluding hydrogens is 220 g/mol. The van der Waals surface area contributed by atoms with Crippen LogP contribution in [0.5, 0.6) is 0 Å². The van der Waals surface area contributed by atoms with Gasteiger partial charge in [-0.25, -0.2) is 0 Å². The zero-order valence-electron chi connectivity index (χ0n) is 9.98. The Morgan fingerprint density at radius 3 is 3.35 bits per heavy atom. The first-order valence-electron chi connectivity index (χ1n) is 5.85. The van der Waals surface area contributed by atoms with Crippen LogP contribution in [0.25, 0.3) is 0 Å². The molecule has 17 heavy (non-hydrogen) atoms. The monoisotopic (exact) mass is 238 g/mol. The molecule has 1 aromatic rings. The minimum Gasteiger partial charge on any atom is -0.383 e. The highest BCUT2D eigenvalue weighted by Crippen LogP contribution is 2.10. The smallest absolute Gasteiger partial charge is 0.241 e. The first kappa shape index (κ1) is 12.1. The molecule has 6 heteroatoms. The van der Waals surface area contributed by atoms with Gasteiger partial charge in [0.05, 0.1) is 31.1 Å². The molecule has 1 unspecified atom stereocenters. The third-order valence-corrected chi connectivity index (χ3v) is 2.80. The van der Waals surface area contributed by atoms with E-state index in [2.05, 4.69) is 15.7 Å². The number of amides is 1. The van der Waals surface area contributed by atoms with Crippen LogP contribution in [0.4, 0.5) is 5.69 Å². The van der Waals surface area contributed by atoms with E-state index in [0.717, 1.165) is 25.1 Å². The number of hydrogen-bond donors (Lipinski definition) is 2. The van der Waals surface area contributed by atoms with Gasteiger partial charge in [-0.3, -0.25) is 9.48 Å². The minimum absolute atomic E-state index is 0.0220. The van der Waals surface area contributed by atoms with E-state index in [1.807, 2.05) is 6.20 Å². The lowest BCUT2D eigenvalue weighted by Crippen LogP contribution is -2.35. The summed E-state index contributed by atoms with van der Waals surface area (Å²) in [6, 6.07) is -0.0580. The third kappa shape index (κ3) is 3.28. The number of carbonyl (C=O) groups excluding carboxylic acids is 1. The number of anilines is 1. The number of ether oxygens (including phenoxy) is 1. The molecule has 1 saturated heterocycles. The number of carbonyl (C=O) groups is 1. The molecular formula is C11H18N4O2. The molecule has 2 rings (SSSR count). The van der Waals surface area contributed by atoms with Gasteiger partial charge in [0.25, 0.3) is 0 Å². The lowest BCUT2D eigenvalue weighted by Gasteiger charge is -2.08. The Morgan fingerprint density at radius 2 is 2.65 bits per heavy atom. The van der Waals surface area contributed by atoms with Gasteiger partial charge in [0.15, 0.2) is 0 Å². The van der Waals surface area contributed by atoms with Gasteiger partial charge in [0, 0.05) is 13.3 Å². The van der Waals surface area contributed by atoms with Crippen molar-refractivity contribution in [1.82, 2.24) is 15.1 Å². The standard InChI is InChI=1S/C11H18N4O2/c1-17-6-5-15-8-9(7-13-15)14-11(16)10-3-2-4-12-10/h7-8,10,12H,2-6H2,1H3,(H,14,16). The highest BCUT2D eigenvalue weighted by atomic mass is 16.5. The summed E-state index contributed by atoms with van der Waals surface area (Å²) in [4.78, 5) is 11.8. The van der Waals surface area contributed by atoms with Gasteiger partial charge in [0.2, 0.25) is 5.91 Å². The van der Waals surface area contributed by atoms with Crippen LogP contribution in [0.2, 0.25) is 0 Å². The molecule has 1 amide bonds. The van der Waals surface area contributed by atoms with Gasteiger partial charge < -0.3 is 15.4 Å². The number of nitrogens with zero attached hydrogens (tertiary/aromatic N) is 2. The molecule has 1 atom stereocenters. The molecule has 94 valence electrons. The molecule has 0 spiro atoms. The number of hydrogen-bond acceptors (Lipinski definition) is 4. The maximum atomic E-state index is 11.8. The molecule has 0 radical (unpaired) electrons. The first-order valence-corrected chi connectivity index (χ1v) is 5.85. The highest BCUT2D eigenvalue weighted by Gasteiger charge is 2.22. The van der Waals surface area contributed by atoms with Gasteiger partial charge in [-0.1, -0.05) is 0 Å². The predicted octanol–water partition coefficient (Wildman–Crippen LogP) is 0.220. The summed E-state index contributed by atoms with van der Waals surface area (Å²) in [5.74, 6) is 0.0220. The number of aromatic nitrogens is 2. The molecule has 2 N–H and O–H groups in total. The van der Waals surface area contributed by atoms with Crippen molar-refractivity contribution in [3.63, 3.8) is 0 Å². The van der Waals surface area contributed by atoms with Crippen molar-refractivity contribution in [2.24, 2.45) is 0 Å². The van der Waals surface area contributed by atoms with Crippen LogP contribution in [-0.2, 0) is 16.1 Å². The van der Waals surface area contributed by atoms with E-state index in [0.29, 0.717) is 13.2 Å². The zero-order chi connectivity index (χ0) is 12.1. The van der Waals surface area contributed by atoms with E-state index in [1.54, 1.807) is 18.0 Å². The Bertz CT molecular complexity index is 371. The van der Waals surface area contributed by atoms with E-state index in [-0.39, 0.29) is 11.9 Å². The van der Waals surface area contributed by atoms with E-state index < -0.39 is 0 Å². The van der Waals surface area contributed by atoms with Gasteiger partial charge >= 0.3 is 0 Å². The van der Waals surface area contributed by atoms with Crippen molar-refractivity contribution in [3.8, 4) is 0 Å². The number of methoxy groups -OCH3 is 1.